The zero-order chi connectivity index (χ0) is 15.4. The first kappa shape index (κ1) is 16.5. The van der Waals surface area contributed by atoms with Gasteiger partial charge in [0.05, 0.1) is 4.47 Å². The molecule has 0 aliphatic rings. The molecule has 0 aromatic heterocycles. The molecule has 0 radical (unpaired) electrons. The smallest absolute Gasteiger partial charge is 0.137 e. The monoisotopic (exact) mass is 369 g/mol. The van der Waals surface area contributed by atoms with E-state index in [0.717, 1.165) is 10.6 Å². The summed E-state index contributed by atoms with van der Waals surface area (Å²) in [6.45, 7) is 5.03. The molecule has 0 aliphatic carbocycles. The van der Waals surface area contributed by atoms with Crippen LogP contribution in [0.15, 0.2) is 46.9 Å². The van der Waals surface area contributed by atoms with Crippen LogP contribution in [0.4, 0.5) is 4.39 Å². The average molecular weight is 371 g/mol. The summed E-state index contributed by atoms with van der Waals surface area (Å²) < 4.78 is 13.7. The fourth-order valence-corrected chi connectivity index (χ4v) is 2.84. The summed E-state index contributed by atoms with van der Waals surface area (Å²) in [5.74, 6) is 0.201. The number of rotatable bonds is 5. The fourth-order valence-electron chi connectivity index (χ4n) is 2.29. The van der Waals surface area contributed by atoms with Crippen molar-refractivity contribution in [2.45, 2.75) is 26.4 Å². The van der Waals surface area contributed by atoms with Crippen molar-refractivity contribution >= 4 is 27.5 Å². The van der Waals surface area contributed by atoms with Crippen LogP contribution in [0.1, 0.15) is 31.0 Å². The standard InChI is InChI=1S/C17H18BrClFN/c1-11(2)17(13-4-6-14(19)7-5-13)21-10-12-3-8-16(20)15(18)9-12/h3-9,11,17,21H,10H2,1-2H3. The van der Waals surface area contributed by atoms with Crippen molar-refractivity contribution in [3.8, 4) is 0 Å². The Balaban J connectivity index is 2.09. The highest BCUT2D eigenvalue weighted by Crippen LogP contribution is 2.24. The Labute approximate surface area is 138 Å². The van der Waals surface area contributed by atoms with Gasteiger partial charge in [0.15, 0.2) is 0 Å². The van der Waals surface area contributed by atoms with Gasteiger partial charge in [-0.3, -0.25) is 0 Å². The Hall–Kier alpha value is -0.900. The van der Waals surface area contributed by atoms with E-state index in [-0.39, 0.29) is 11.9 Å². The van der Waals surface area contributed by atoms with Crippen LogP contribution in [-0.4, -0.2) is 0 Å². The van der Waals surface area contributed by atoms with Crippen LogP contribution in [0.25, 0.3) is 0 Å². The molecule has 2 aromatic rings. The molecule has 0 spiro atoms. The number of hydrogen-bond acceptors (Lipinski definition) is 1. The normalized spacial score (nSPS) is 12.7. The highest BCUT2D eigenvalue weighted by Gasteiger charge is 2.15. The molecule has 1 nitrogen and oxygen atoms in total. The average Bonchev–Trinajstić information content (AvgIpc) is 2.44. The van der Waals surface area contributed by atoms with Gasteiger partial charge in [0.1, 0.15) is 5.82 Å². The second-order valence-electron chi connectivity index (χ2n) is 5.40. The Morgan fingerprint density at radius 1 is 1.14 bits per heavy atom. The lowest BCUT2D eigenvalue weighted by Crippen LogP contribution is -2.25. The largest absolute Gasteiger partial charge is 0.306 e. The van der Waals surface area contributed by atoms with E-state index in [0.29, 0.717) is 16.9 Å². The van der Waals surface area contributed by atoms with E-state index in [4.69, 9.17) is 11.6 Å². The van der Waals surface area contributed by atoms with Gasteiger partial charge in [0.25, 0.3) is 0 Å². The molecular weight excluding hydrogens is 353 g/mol. The summed E-state index contributed by atoms with van der Waals surface area (Å²) in [6, 6.07) is 13.2. The van der Waals surface area contributed by atoms with E-state index in [2.05, 4.69) is 35.1 Å². The molecule has 0 fully saturated rings. The third-order valence-electron chi connectivity index (χ3n) is 3.41. The highest BCUT2D eigenvalue weighted by atomic mass is 79.9. The van der Waals surface area contributed by atoms with Crippen molar-refractivity contribution in [3.63, 3.8) is 0 Å². The minimum absolute atomic E-state index is 0.228. The molecule has 21 heavy (non-hydrogen) atoms. The Morgan fingerprint density at radius 3 is 2.38 bits per heavy atom. The molecule has 0 saturated carbocycles. The third-order valence-corrected chi connectivity index (χ3v) is 4.27. The molecule has 0 amide bonds. The zero-order valence-corrected chi connectivity index (χ0v) is 14.4. The van der Waals surface area contributed by atoms with Crippen molar-refractivity contribution < 1.29 is 4.39 Å². The Kier molecular flexibility index (Phi) is 5.80. The topological polar surface area (TPSA) is 12.0 Å². The minimum atomic E-state index is -0.239. The lowest BCUT2D eigenvalue weighted by Gasteiger charge is -2.23. The highest BCUT2D eigenvalue weighted by molar-refractivity contribution is 9.10. The first-order chi connectivity index (χ1) is 9.97. The molecule has 0 aliphatic heterocycles. The van der Waals surface area contributed by atoms with Crippen LogP contribution in [0.5, 0.6) is 0 Å². The predicted octanol–water partition coefficient (Wildman–Crippen LogP) is 5.73. The molecule has 1 N–H and O–H groups in total. The van der Waals surface area contributed by atoms with E-state index in [9.17, 15) is 4.39 Å². The van der Waals surface area contributed by atoms with Crippen LogP contribution >= 0.6 is 27.5 Å². The maximum absolute atomic E-state index is 13.2. The van der Waals surface area contributed by atoms with Gasteiger partial charge in [-0.25, -0.2) is 4.39 Å². The molecule has 0 heterocycles. The van der Waals surface area contributed by atoms with Crippen LogP contribution < -0.4 is 5.32 Å². The second kappa shape index (κ2) is 7.39. The Morgan fingerprint density at radius 2 is 1.81 bits per heavy atom. The third kappa shape index (κ3) is 4.53. The van der Waals surface area contributed by atoms with E-state index >= 15 is 0 Å². The van der Waals surface area contributed by atoms with Gasteiger partial charge in [0.2, 0.25) is 0 Å². The number of nitrogens with one attached hydrogen (secondary N) is 1. The number of benzene rings is 2. The van der Waals surface area contributed by atoms with Crippen LogP contribution in [-0.2, 0) is 6.54 Å². The minimum Gasteiger partial charge on any atom is -0.306 e. The lowest BCUT2D eigenvalue weighted by atomic mass is 9.96. The van der Waals surface area contributed by atoms with Crippen molar-refractivity contribution in [1.29, 1.82) is 0 Å². The first-order valence-corrected chi connectivity index (χ1v) is 8.07. The summed E-state index contributed by atoms with van der Waals surface area (Å²) >= 11 is 9.16. The summed E-state index contributed by atoms with van der Waals surface area (Å²) in [5.41, 5.74) is 2.25. The van der Waals surface area contributed by atoms with Crippen molar-refractivity contribution in [3.05, 3.63) is 68.9 Å². The first-order valence-electron chi connectivity index (χ1n) is 6.90. The van der Waals surface area contributed by atoms with Gasteiger partial charge in [-0.15, -0.1) is 0 Å². The van der Waals surface area contributed by atoms with Crippen molar-refractivity contribution in [1.82, 2.24) is 5.32 Å². The van der Waals surface area contributed by atoms with Crippen LogP contribution in [0.2, 0.25) is 5.02 Å². The zero-order valence-electron chi connectivity index (χ0n) is 12.0. The van der Waals surface area contributed by atoms with Gasteiger partial charge >= 0.3 is 0 Å². The van der Waals surface area contributed by atoms with E-state index in [1.54, 1.807) is 6.07 Å². The summed E-state index contributed by atoms with van der Waals surface area (Å²) in [7, 11) is 0. The predicted molar refractivity (Wildman–Crippen MR) is 90.0 cm³/mol. The Bertz CT molecular complexity index is 598. The van der Waals surface area contributed by atoms with E-state index < -0.39 is 0 Å². The van der Waals surface area contributed by atoms with Crippen LogP contribution in [0.3, 0.4) is 0 Å². The number of hydrogen-bond donors (Lipinski definition) is 1. The summed E-state index contributed by atoms with van der Waals surface area (Å²) in [4.78, 5) is 0. The van der Waals surface area contributed by atoms with Crippen molar-refractivity contribution in [2.24, 2.45) is 5.92 Å². The quantitative estimate of drug-likeness (QED) is 0.709. The van der Waals surface area contributed by atoms with Crippen molar-refractivity contribution in [2.75, 3.05) is 0 Å². The van der Waals surface area contributed by atoms with E-state index in [1.165, 1.54) is 11.6 Å². The van der Waals surface area contributed by atoms with E-state index in [1.807, 2.05) is 30.3 Å². The molecule has 4 heteroatoms. The van der Waals surface area contributed by atoms with Gasteiger partial charge < -0.3 is 5.32 Å². The van der Waals surface area contributed by atoms with Gasteiger partial charge in [-0.2, -0.15) is 0 Å². The van der Waals surface area contributed by atoms with Crippen LogP contribution in [0, 0.1) is 11.7 Å². The molecule has 0 bridgehead atoms. The van der Waals surface area contributed by atoms with Gasteiger partial charge in [0, 0.05) is 17.6 Å². The summed E-state index contributed by atoms with van der Waals surface area (Å²) in [5, 5.41) is 4.27. The second-order valence-corrected chi connectivity index (χ2v) is 6.69. The molecule has 0 saturated heterocycles. The maximum atomic E-state index is 13.2. The summed E-state index contributed by atoms with van der Waals surface area (Å²) in [6.07, 6.45) is 0. The SMILES string of the molecule is CC(C)C(NCc1ccc(F)c(Br)c1)c1ccc(Cl)cc1. The molecule has 1 atom stereocenters. The molecular formula is C17H18BrClFN. The fraction of sp³-hybridized carbons (Fsp3) is 0.294. The number of halogens is 3. The molecule has 2 rings (SSSR count). The maximum Gasteiger partial charge on any atom is 0.137 e. The molecule has 112 valence electrons. The van der Waals surface area contributed by atoms with Gasteiger partial charge in [-0.05, 0) is 57.2 Å². The lowest BCUT2D eigenvalue weighted by molar-refractivity contribution is 0.410. The van der Waals surface area contributed by atoms with Gasteiger partial charge in [-0.1, -0.05) is 43.6 Å². The molecule has 2 aromatic carbocycles. The molecule has 1 unspecified atom stereocenters.